The maximum Gasteiger partial charge on any atom is 0.365 e. The van der Waals surface area contributed by atoms with E-state index in [1.807, 2.05) is 6.92 Å². The van der Waals surface area contributed by atoms with E-state index in [0.717, 1.165) is 25.0 Å². The van der Waals surface area contributed by atoms with Crippen LogP contribution >= 0.6 is 11.6 Å². The van der Waals surface area contributed by atoms with Gasteiger partial charge in [-0.3, -0.25) is 0 Å². The summed E-state index contributed by atoms with van der Waals surface area (Å²) in [5.41, 5.74) is 1.03. The number of aryl methyl sites for hydroxylation is 2. The molecular formula is C11H13ClF2N2. The lowest BCUT2D eigenvalue weighted by molar-refractivity contribution is 0.0879. The molecule has 16 heavy (non-hydrogen) atoms. The molecule has 5 heteroatoms. The van der Waals surface area contributed by atoms with Crippen molar-refractivity contribution in [1.82, 2.24) is 9.97 Å². The first kappa shape index (κ1) is 11.7. The summed E-state index contributed by atoms with van der Waals surface area (Å²) in [6.45, 7) is 1.85. The molecule has 1 aromatic heterocycles. The molecular weight excluding hydrogens is 234 g/mol. The lowest BCUT2D eigenvalue weighted by atomic mass is 9.94. The van der Waals surface area contributed by atoms with Crippen LogP contribution in [0.2, 0.25) is 0 Å². The average Bonchev–Trinajstić information content (AvgIpc) is 2.26. The SMILES string of the molecule is CCc1nc2c(c(C(F)(F)Cl)n1)CCCC2. The van der Waals surface area contributed by atoms with Crippen molar-refractivity contribution in [3.05, 3.63) is 22.8 Å². The number of halogens is 3. The van der Waals surface area contributed by atoms with Crippen LogP contribution in [0.1, 0.15) is 42.5 Å². The number of alkyl halides is 3. The molecule has 0 unspecified atom stereocenters. The van der Waals surface area contributed by atoms with Gasteiger partial charge in [0.15, 0.2) is 0 Å². The van der Waals surface area contributed by atoms with E-state index in [9.17, 15) is 8.78 Å². The third-order valence-corrected chi connectivity index (χ3v) is 2.99. The molecule has 88 valence electrons. The first-order valence-corrected chi connectivity index (χ1v) is 5.86. The fourth-order valence-electron chi connectivity index (χ4n) is 2.04. The van der Waals surface area contributed by atoms with Gasteiger partial charge in [-0.2, -0.15) is 8.78 Å². The van der Waals surface area contributed by atoms with E-state index in [4.69, 9.17) is 11.6 Å². The van der Waals surface area contributed by atoms with Crippen LogP contribution < -0.4 is 0 Å². The summed E-state index contributed by atoms with van der Waals surface area (Å²) in [6, 6.07) is 0. The van der Waals surface area contributed by atoms with Crippen molar-refractivity contribution in [1.29, 1.82) is 0 Å². The number of hydrogen-bond acceptors (Lipinski definition) is 2. The fraction of sp³-hybridized carbons (Fsp3) is 0.636. The Balaban J connectivity index is 2.56. The van der Waals surface area contributed by atoms with Gasteiger partial charge < -0.3 is 0 Å². The molecule has 0 amide bonds. The Bertz CT molecular complexity index is 402. The average molecular weight is 247 g/mol. The fourth-order valence-corrected chi connectivity index (χ4v) is 2.19. The zero-order valence-corrected chi connectivity index (χ0v) is 9.82. The van der Waals surface area contributed by atoms with Crippen LogP contribution in [0, 0.1) is 0 Å². The van der Waals surface area contributed by atoms with Gasteiger partial charge in [0, 0.05) is 17.7 Å². The largest absolute Gasteiger partial charge is 0.365 e. The van der Waals surface area contributed by atoms with Crippen LogP contribution in [0.4, 0.5) is 8.78 Å². The minimum absolute atomic E-state index is 0.282. The molecule has 0 radical (unpaired) electrons. The van der Waals surface area contributed by atoms with Gasteiger partial charge in [-0.05, 0) is 37.3 Å². The van der Waals surface area contributed by atoms with E-state index in [2.05, 4.69) is 9.97 Å². The second-order valence-electron chi connectivity index (χ2n) is 3.97. The van der Waals surface area contributed by atoms with Gasteiger partial charge in [-0.1, -0.05) is 6.92 Å². The summed E-state index contributed by atoms with van der Waals surface area (Å²) in [4.78, 5) is 8.19. The van der Waals surface area contributed by atoms with Crippen LogP contribution in [0.3, 0.4) is 0 Å². The van der Waals surface area contributed by atoms with E-state index in [1.165, 1.54) is 0 Å². The molecule has 0 aliphatic heterocycles. The maximum absolute atomic E-state index is 13.2. The quantitative estimate of drug-likeness (QED) is 0.749. The second-order valence-corrected chi connectivity index (χ2v) is 4.45. The van der Waals surface area contributed by atoms with Crippen molar-refractivity contribution < 1.29 is 8.78 Å². The molecule has 2 rings (SSSR count). The molecule has 0 aromatic carbocycles. The van der Waals surface area contributed by atoms with Crippen molar-refractivity contribution in [3.8, 4) is 0 Å². The van der Waals surface area contributed by atoms with Gasteiger partial charge in [-0.15, -0.1) is 0 Å². The predicted molar refractivity (Wildman–Crippen MR) is 57.8 cm³/mol. The lowest BCUT2D eigenvalue weighted by Crippen LogP contribution is -2.19. The molecule has 0 saturated heterocycles. The van der Waals surface area contributed by atoms with Crippen LogP contribution in [-0.2, 0) is 24.6 Å². The van der Waals surface area contributed by atoms with Crippen LogP contribution in [0.25, 0.3) is 0 Å². The normalized spacial score (nSPS) is 16.0. The Hall–Kier alpha value is -0.770. The Kier molecular flexibility index (Phi) is 3.10. The molecule has 0 fully saturated rings. The smallest absolute Gasteiger partial charge is 0.238 e. The van der Waals surface area contributed by atoms with Crippen LogP contribution in [0.15, 0.2) is 0 Å². The first-order chi connectivity index (χ1) is 7.52. The Morgan fingerprint density at radius 3 is 2.56 bits per heavy atom. The monoisotopic (exact) mass is 246 g/mol. The van der Waals surface area contributed by atoms with Crippen molar-refractivity contribution >= 4 is 11.6 Å². The summed E-state index contributed by atoms with van der Waals surface area (Å²) in [5, 5.41) is -3.38. The Labute approximate surface area is 98.1 Å². The van der Waals surface area contributed by atoms with Gasteiger partial charge >= 0.3 is 5.38 Å². The highest BCUT2D eigenvalue weighted by Crippen LogP contribution is 2.36. The van der Waals surface area contributed by atoms with E-state index in [0.29, 0.717) is 24.2 Å². The highest BCUT2D eigenvalue weighted by molar-refractivity contribution is 6.21. The molecule has 2 nitrogen and oxygen atoms in total. The van der Waals surface area contributed by atoms with E-state index in [-0.39, 0.29) is 5.69 Å². The van der Waals surface area contributed by atoms with Crippen molar-refractivity contribution in [3.63, 3.8) is 0 Å². The highest BCUT2D eigenvalue weighted by Gasteiger charge is 2.35. The molecule has 1 aromatic rings. The van der Waals surface area contributed by atoms with Crippen LogP contribution in [0.5, 0.6) is 0 Å². The van der Waals surface area contributed by atoms with E-state index < -0.39 is 5.38 Å². The first-order valence-electron chi connectivity index (χ1n) is 5.48. The Morgan fingerprint density at radius 2 is 1.94 bits per heavy atom. The van der Waals surface area contributed by atoms with Gasteiger partial charge in [0.2, 0.25) is 0 Å². The summed E-state index contributed by atoms with van der Waals surface area (Å²) < 4.78 is 26.5. The third-order valence-electron chi connectivity index (χ3n) is 2.81. The van der Waals surface area contributed by atoms with Gasteiger partial charge in [0.25, 0.3) is 0 Å². The third kappa shape index (κ3) is 2.17. The topological polar surface area (TPSA) is 25.8 Å². The standard InChI is InChI=1S/C11H13ClF2N2/c1-2-9-15-8-6-4-3-5-7(8)10(16-9)11(12,13)14/h2-6H2,1H3. The molecule has 0 atom stereocenters. The van der Waals surface area contributed by atoms with Crippen molar-refractivity contribution in [2.75, 3.05) is 0 Å². The number of hydrogen-bond donors (Lipinski definition) is 0. The molecule has 0 bridgehead atoms. The summed E-state index contributed by atoms with van der Waals surface area (Å²) >= 11 is 5.10. The second kappa shape index (κ2) is 4.24. The number of nitrogens with zero attached hydrogens (tertiary/aromatic N) is 2. The zero-order chi connectivity index (χ0) is 11.8. The minimum Gasteiger partial charge on any atom is -0.238 e. The highest BCUT2D eigenvalue weighted by atomic mass is 35.5. The van der Waals surface area contributed by atoms with Gasteiger partial charge in [0.05, 0.1) is 0 Å². The molecule has 1 aliphatic carbocycles. The summed E-state index contributed by atoms with van der Waals surface area (Å²) in [6.07, 6.45) is 3.82. The summed E-state index contributed by atoms with van der Waals surface area (Å²) in [5.74, 6) is 0.455. The number of fused-ring (bicyclic) bond motifs is 1. The molecule has 1 aliphatic rings. The van der Waals surface area contributed by atoms with Crippen molar-refractivity contribution in [2.45, 2.75) is 44.4 Å². The number of aromatic nitrogens is 2. The van der Waals surface area contributed by atoms with Crippen molar-refractivity contribution in [2.24, 2.45) is 0 Å². The predicted octanol–water partition coefficient (Wildman–Crippen LogP) is 3.21. The molecule has 1 heterocycles. The molecule has 0 N–H and O–H groups in total. The Morgan fingerprint density at radius 1 is 1.25 bits per heavy atom. The van der Waals surface area contributed by atoms with Crippen LogP contribution in [-0.4, -0.2) is 9.97 Å². The molecule has 0 saturated carbocycles. The zero-order valence-electron chi connectivity index (χ0n) is 9.06. The molecule has 0 spiro atoms. The number of rotatable bonds is 2. The van der Waals surface area contributed by atoms with E-state index in [1.54, 1.807) is 0 Å². The summed E-state index contributed by atoms with van der Waals surface area (Å²) in [7, 11) is 0. The van der Waals surface area contributed by atoms with Gasteiger partial charge in [0.1, 0.15) is 11.5 Å². The van der Waals surface area contributed by atoms with Gasteiger partial charge in [-0.25, -0.2) is 9.97 Å². The maximum atomic E-state index is 13.2. The minimum atomic E-state index is -3.38. The lowest BCUT2D eigenvalue weighted by Gasteiger charge is -2.20. The van der Waals surface area contributed by atoms with E-state index >= 15 is 0 Å².